The first-order chi connectivity index (χ1) is 12.1. The zero-order valence-corrected chi connectivity index (χ0v) is 15.4. The van der Waals surface area contributed by atoms with Crippen LogP contribution in [0.4, 0.5) is 0 Å². The van der Waals surface area contributed by atoms with E-state index in [9.17, 15) is 0 Å². The van der Waals surface area contributed by atoms with E-state index >= 15 is 0 Å². The van der Waals surface area contributed by atoms with Crippen molar-refractivity contribution in [3.63, 3.8) is 0 Å². The van der Waals surface area contributed by atoms with Crippen molar-refractivity contribution >= 4 is 5.71 Å². The molecule has 0 unspecified atom stereocenters. The molecular formula is C23H28N2. The highest BCUT2D eigenvalue weighted by molar-refractivity contribution is 6.15. The summed E-state index contributed by atoms with van der Waals surface area (Å²) in [5.41, 5.74) is 6.48. The first-order valence-electron chi connectivity index (χ1n) is 9.92. The van der Waals surface area contributed by atoms with E-state index in [2.05, 4.69) is 55.7 Å². The molecule has 1 aromatic rings. The zero-order chi connectivity index (χ0) is 17.0. The van der Waals surface area contributed by atoms with Gasteiger partial charge in [0, 0.05) is 17.3 Å². The molecule has 0 saturated heterocycles. The van der Waals surface area contributed by atoms with Crippen LogP contribution in [0.1, 0.15) is 57.9 Å². The molecule has 5 aliphatic rings. The molecule has 2 nitrogen and oxygen atoms in total. The predicted octanol–water partition coefficient (Wildman–Crippen LogP) is 5.23. The van der Waals surface area contributed by atoms with Crippen molar-refractivity contribution in [2.24, 2.45) is 22.7 Å². The van der Waals surface area contributed by atoms with Gasteiger partial charge in [-0.2, -0.15) is 0 Å². The molecule has 0 spiro atoms. The maximum atomic E-state index is 4.98. The van der Waals surface area contributed by atoms with Crippen LogP contribution in [0, 0.1) is 17.8 Å². The molecule has 1 N–H and O–H groups in total. The minimum atomic E-state index is 0.362. The highest BCUT2D eigenvalue weighted by Crippen LogP contribution is 2.55. The van der Waals surface area contributed by atoms with Crippen molar-refractivity contribution in [1.82, 2.24) is 5.32 Å². The van der Waals surface area contributed by atoms with Gasteiger partial charge < -0.3 is 5.32 Å². The Labute approximate surface area is 151 Å². The fourth-order valence-corrected chi connectivity index (χ4v) is 6.18. The van der Waals surface area contributed by atoms with Crippen LogP contribution in [-0.2, 0) is 0 Å². The van der Waals surface area contributed by atoms with Gasteiger partial charge >= 0.3 is 0 Å². The second kappa shape index (κ2) is 5.59. The quantitative estimate of drug-likeness (QED) is 0.805. The molecule has 6 rings (SSSR count). The molecule has 1 aliphatic heterocycles. The zero-order valence-electron chi connectivity index (χ0n) is 15.4. The Bertz CT molecular complexity index is 746. The molecule has 4 saturated carbocycles. The minimum Gasteiger partial charge on any atom is -0.384 e. The lowest BCUT2D eigenvalue weighted by atomic mass is 9.53. The molecule has 1 aromatic carbocycles. The summed E-state index contributed by atoms with van der Waals surface area (Å²) in [6, 6.07) is 10.6. The Morgan fingerprint density at radius 2 is 1.52 bits per heavy atom. The van der Waals surface area contributed by atoms with Gasteiger partial charge in [0.05, 0.1) is 11.4 Å². The van der Waals surface area contributed by atoms with Crippen molar-refractivity contribution in [2.75, 3.05) is 0 Å². The lowest BCUT2D eigenvalue weighted by Crippen LogP contribution is -2.57. The lowest BCUT2D eigenvalue weighted by Gasteiger charge is -2.57. The van der Waals surface area contributed by atoms with Gasteiger partial charge in [0.1, 0.15) is 0 Å². The molecule has 4 fully saturated rings. The van der Waals surface area contributed by atoms with E-state index in [1.807, 2.05) is 0 Å². The van der Waals surface area contributed by atoms with Crippen LogP contribution in [-0.4, -0.2) is 11.3 Å². The highest BCUT2D eigenvalue weighted by atomic mass is 15.0. The minimum absolute atomic E-state index is 0.362. The molecule has 0 amide bonds. The molecule has 4 bridgehead atoms. The van der Waals surface area contributed by atoms with Gasteiger partial charge in [-0.3, -0.25) is 0 Å². The molecule has 130 valence electrons. The number of aliphatic imine (C=N–C) groups is 1. The number of allylic oxidation sites excluding steroid dienone is 2. The maximum Gasteiger partial charge on any atom is 0.0826 e. The Hall–Kier alpha value is -1.83. The van der Waals surface area contributed by atoms with E-state index < -0.39 is 0 Å². The SMILES string of the molecule is CC1=C(C)/C(=C\NC23CC4CC(CC(C4)C2)C3)N=C1c1ccccc1. The van der Waals surface area contributed by atoms with Gasteiger partial charge in [0.2, 0.25) is 0 Å². The van der Waals surface area contributed by atoms with E-state index in [1.165, 1.54) is 55.2 Å². The van der Waals surface area contributed by atoms with Gasteiger partial charge in [0.15, 0.2) is 0 Å². The summed E-state index contributed by atoms with van der Waals surface area (Å²) in [5, 5.41) is 3.89. The Kier molecular flexibility index (Phi) is 3.45. The molecule has 0 atom stereocenters. The van der Waals surface area contributed by atoms with Crippen molar-refractivity contribution in [3.8, 4) is 0 Å². The average molecular weight is 332 g/mol. The molecule has 4 aliphatic carbocycles. The summed E-state index contributed by atoms with van der Waals surface area (Å²) < 4.78 is 0. The first-order valence-corrected chi connectivity index (χ1v) is 9.92. The number of nitrogens with one attached hydrogen (secondary N) is 1. The molecule has 25 heavy (non-hydrogen) atoms. The molecule has 1 heterocycles. The van der Waals surface area contributed by atoms with Crippen molar-refractivity contribution in [2.45, 2.75) is 57.9 Å². The summed E-state index contributed by atoms with van der Waals surface area (Å²) >= 11 is 0. The van der Waals surface area contributed by atoms with Crippen LogP contribution >= 0.6 is 0 Å². The number of hydrogen-bond donors (Lipinski definition) is 1. The fourth-order valence-electron chi connectivity index (χ4n) is 6.18. The van der Waals surface area contributed by atoms with E-state index in [4.69, 9.17) is 4.99 Å². The lowest BCUT2D eigenvalue weighted by molar-refractivity contribution is -0.0130. The normalized spacial score (nSPS) is 37.8. The molecule has 2 heteroatoms. The topological polar surface area (TPSA) is 24.4 Å². The Morgan fingerprint density at radius 1 is 0.920 bits per heavy atom. The van der Waals surface area contributed by atoms with E-state index in [0.29, 0.717) is 5.54 Å². The predicted molar refractivity (Wildman–Crippen MR) is 103 cm³/mol. The summed E-state index contributed by atoms with van der Waals surface area (Å²) in [7, 11) is 0. The van der Waals surface area contributed by atoms with Gasteiger partial charge in [-0.05, 0) is 81.3 Å². The second-order valence-corrected chi connectivity index (χ2v) is 8.95. The van der Waals surface area contributed by atoms with Crippen LogP contribution in [0.3, 0.4) is 0 Å². The largest absolute Gasteiger partial charge is 0.384 e. The summed E-state index contributed by atoms with van der Waals surface area (Å²) in [6.45, 7) is 4.41. The van der Waals surface area contributed by atoms with Crippen molar-refractivity contribution < 1.29 is 0 Å². The second-order valence-electron chi connectivity index (χ2n) is 8.95. The molecule has 0 radical (unpaired) electrons. The van der Waals surface area contributed by atoms with Crippen LogP contribution in [0.5, 0.6) is 0 Å². The van der Waals surface area contributed by atoms with E-state index in [-0.39, 0.29) is 0 Å². The average Bonchev–Trinajstić information content (AvgIpc) is 2.88. The van der Waals surface area contributed by atoms with Crippen LogP contribution in [0.15, 0.2) is 58.4 Å². The number of nitrogens with zero attached hydrogens (tertiary/aromatic N) is 1. The van der Waals surface area contributed by atoms with Crippen molar-refractivity contribution in [3.05, 3.63) is 58.9 Å². The van der Waals surface area contributed by atoms with Gasteiger partial charge in [-0.15, -0.1) is 0 Å². The maximum absolute atomic E-state index is 4.98. The Balaban J connectivity index is 1.41. The summed E-state index contributed by atoms with van der Waals surface area (Å²) in [5.74, 6) is 2.92. The summed E-state index contributed by atoms with van der Waals surface area (Å²) in [6.07, 6.45) is 10.8. The number of benzene rings is 1. The third-order valence-corrected chi connectivity index (χ3v) is 7.13. The number of hydrogen-bond acceptors (Lipinski definition) is 2. The highest BCUT2D eigenvalue weighted by Gasteiger charge is 2.50. The number of rotatable bonds is 3. The fraction of sp³-hybridized carbons (Fsp3) is 0.522. The van der Waals surface area contributed by atoms with E-state index in [1.54, 1.807) is 0 Å². The van der Waals surface area contributed by atoms with Gasteiger partial charge in [-0.1, -0.05) is 30.3 Å². The van der Waals surface area contributed by atoms with Gasteiger partial charge in [0.25, 0.3) is 0 Å². The summed E-state index contributed by atoms with van der Waals surface area (Å²) in [4.78, 5) is 4.98. The standard InChI is InChI=1S/C23H28N2/c1-15-16(2)22(20-6-4-3-5-7-20)25-21(15)14-24-23-11-17-8-18(12-23)10-19(9-17)13-23/h3-7,14,17-19,24H,8-13H2,1-2H3/b21-14+. The van der Waals surface area contributed by atoms with Gasteiger partial charge in [-0.25, -0.2) is 4.99 Å². The smallest absolute Gasteiger partial charge is 0.0826 e. The van der Waals surface area contributed by atoms with Crippen molar-refractivity contribution in [1.29, 1.82) is 0 Å². The van der Waals surface area contributed by atoms with Crippen LogP contribution < -0.4 is 5.32 Å². The van der Waals surface area contributed by atoms with E-state index in [0.717, 1.165) is 29.2 Å². The van der Waals surface area contributed by atoms with Crippen LogP contribution in [0.2, 0.25) is 0 Å². The Morgan fingerprint density at radius 3 is 2.12 bits per heavy atom. The first kappa shape index (κ1) is 15.4. The monoisotopic (exact) mass is 332 g/mol. The van der Waals surface area contributed by atoms with Crippen LogP contribution in [0.25, 0.3) is 0 Å². The molecular weight excluding hydrogens is 304 g/mol. The third kappa shape index (κ3) is 2.58. The third-order valence-electron chi connectivity index (χ3n) is 7.13. The molecule has 0 aromatic heterocycles.